The van der Waals surface area contributed by atoms with Crippen molar-refractivity contribution in [3.8, 4) is 28.8 Å². The fraction of sp³-hybridized carbons (Fsp3) is 0.270. The maximum absolute atomic E-state index is 14.1. The second-order valence-corrected chi connectivity index (χ2v) is 14.2. The molecule has 2 N–H and O–H groups in total. The molecular formula is C37H36F3N7O6S. The number of carbonyl (C=O) groups excluding carboxylic acids is 2. The van der Waals surface area contributed by atoms with Crippen LogP contribution in [0.5, 0.6) is 0 Å². The van der Waals surface area contributed by atoms with E-state index in [9.17, 15) is 45.8 Å². The number of hydrogen-bond acceptors (Lipinski definition) is 7. The van der Waals surface area contributed by atoms with Gasteiger partial charge in [-0.1, -0.05) is 6.07 Å². The van der Waals surface area contributed by atoms with Crippen LogP contribution < -0.4 is 11.0 Å². The predicted molar refractivity (Wildman–Crippen MR) is 192 cm³/mol. The standard InChI is InChI=1S/C37H36F3N7O6S/c1-21-22(2)27(18-32(23(21)3)54(51,52)53)15-17-44(6)34(48)24(4)43-35(49)46-33(31-14-16-42-47(31)29-12-10-26(20-41)11-13-29)25(5)45(36(46)50)30-9-7-8-28(19-30)37(38,39)40/h7-14,16,18-19,24H,15,17H2,1-6H3,(H,43,49)(H,51,52,53)/t24-/m0/s1. The molecule has 17 heteroatoms. The average Bonchev–Trinajstić information content (AvgIpc) is 3.70. The van der Waals surface area contributed by atoms with E-state index >= 15 is 0 Å². The van der Waals surface area contributed by atoms with Crippen LogP contribution in [0.2, 0.25) is 0 Å². The summed E-state index contributed by atoms with van der Waals surface area (Å²) >= 11 is 0. The molecule has 2 amide bonds. The molecule has 0 saturated carbocycles. The molecule has 0 saturated heterocycles. The number of nitriles is 1. The molecule has 13 nitrogen and oxygen atoms in total. The molecule has 0 bridgehead atoms. The zero-order valence-electron chi connectivity index (χ0n) is 30.1. The van der Waals surface area contributed by atoms with Gasteiger partial charge < -0.3 is 10.2 Å². The van der Waals surface area contributed by atoms with Gasteiger partial charge in [-0.25, -0.2) is 18.8 Å². The first-order chi connectivity index (χ1) is 25.3. The lowest BCUT2D eigenvalue weighted by molar-refractivity contribution is -0.137. The minimum absolute atomic E-state index is 0.0235. The first-order valence-electron chi connectivity index (χ1n) is 16.5. The number of imidazole rings is 1. The van der Waals surface area contributed by atoms with Gasteiger partial charge in [-0.2, -0.15) is 31.9 Å². The fourth-order valence-electron chi connectivity index (χ4n) is 6.24. The van der Waals surface area contributed by atoms with Crippen LogP contribution in [-0.4, -0.2) is 68.4 Å². The van der Waals surface area contributed by atoms with Crippen molar-refractivity contribution in [1.29, 1.82) is 5.26 Å². The summed E-state index contributed by atoms with van der Waals surface area (Å²) in [4.78, 5) is 42.8. The minimum Gasteiger partial charge on any atom is -0.344 e. The summed E-state index contributed by atoms with van der Waals surface area (Å²) in [6, 6.07) is 13.0. The molecule has 0 radical (unpaired) electrons. The second-order valence-electron chi connectivity index (χ2n) is 12.8. The van der Waals surface area contributed by atoms with Gasteiger partial charge in [-0.05, 0) is 118 Å². The van der Waals surface area contributed by atoms with Crippen LogP contribution in [0, 0.1) is 39.0 Å². The van der Waals surface area contributed by atoms with Crippen molar-refractivity contribution in [2.75, 3.05) is 13.6 Å². The Balaban J connectivity index is 1.51. The van der Waals surface area contributed by atoms with Crippen molar-refractivity contribution >= 4 is 22.1 Å². The maximum Gasteiger partial charge on any atom is 0.416 e. The molecule has 0 aliphatic heterocycles. The number of benzene rings is 3. The highest BCUT2D eigenvalue weighted by atomic mass is 32.2. The van der Waals surface area contributed by atoms with E-state index in [0.29, 0.717) is 27.9 Å². The summed E-state index contributed by atoms with van der Waals surface area (Å²) < 4.78 is 77.9. The Morgan fingerprint density at radius 1 is 1.00 bits per heavy atom. The number of nitrogens with one attached hydrogen (secondary N) is 1. The van der Waals surface area contributed by atoms with E-state index in [-0.39, 0.29) is 40.6 Å². The number of likely N-dealkylation sites (N-methyl/N-ethyl adjacent to an activating group) is 1. The lowest BCUT2D eigenvalue weighted by atomic mass is 9.96. The molecule has 3 aromatic carbocycles. The Kier molecular flexibility index (Phi) is 10.7. The molecule has 2 heterocycles. The SMILES string of the molecule is Cc1c(CCN(C)C(=O)[C@H](C)NC(=O)n2c(-c3ccnn3-c3ccc(C#N)cc3)c(C)n(-c3cccc(C(F)(F)F)c3)c2=O)cc(S(=O)(=O)O)c(C)c1C. The molecule has 282 valence electrons. The van der Waals surface area contributed by atoms with Crippen molar-refractivity contribution in [3.05, 3.63) is 116 Å². The van der Waals surface area contributed by atoms with E-state index < -0.39 is 45.5 Å². The quantitative estimate of drug-likeness (QED) is 0.185. The van der Waals surface area contributed by atoms with E-state index in [1.165, 1.54) is 54.9 Å². The highest BCUT2D eigenvalue weighted by Gasteiger charge is 2.33. The highest BCUT2D eigenvalue weighted by Crippen LogP contribution is 2.32. The molecule has 2 aromatic heterocycles. The molecule has 54 heavy (non-hydrogen) atoms. The monoisotopic (exact) mass is 763 g/mol. The van der Waals surface area contributed by atoms with Gasteiger partial charge in [0, 0.05) is 13.6 Å². The number of rotatable bonds is 9. The topological polar surface area (TPSA) is 172 Å². The van der Waals surface area contributed by atoms with Crippen LogP contribution in [-0.2, 0) is 27.5 Å². The third-order valence-electron chi connectivity index (χ3n) is 9.41. The van der Waals surface area contributed by atoms with Gasteiger partial charge in [0.1, 0.15) is 11.7 Å². The van der Waals surface area contributed by atoms with Crippen LogP contribution in [0.15, 0.2) is 76.6 Å². The van der Waals surface area contributed by atoms with Gasteiger partial charge in [-0.15, -0.1) is 0 Å². The normalized spacial score (nSPS) is 12.3. The Hall–Kier alpha value is -5.99. The van der Waals surface area contributed by atoms with E-state index in [2.05, 4.69) is 10.4 Å². The number of alkyl halides is 3. The van der Waals surface area contributed by atoms with Crippen molar-refractivity contribution in [2.45, 2.75) is 58.2 Å². The third-order valence-corrected chi connectivity index (χ3v) is 10.4. The molecule has 5 rings (SSSR count). The summed E-state index contributed by atoms with van der Waals surface area (Å²) in [5.74, 6) is -0.564. The zero-order valence-corrected chi connectivity index (χ0v) is 30.9. The van der Waals surface area contributed by atoms with Gasteiger partial charge >= 0.3 is 17.9 Å². The smallest absolute Gasteiger partial charge is 0.344 e. The molecule has 0 spiro atoms. The van der Waals surface area contributed by atoms with Gasteiger partial charge in [0.05, 0.1) is 51.1 Å². The second kappa shape index (κ2) is 14.8. The largest absolute Gasteiger partial charge is 0.416 e. The third kappa shape index (κ3) is 7.56. The predicted octanol–water partition coefficient (Wildman–Crippen LogP) is 5.51. The minimum atomic E-state index is -4.72. The van der Waals surface area contributed by atoms with E-state index in [1.54, 1.807) is 45.0 Å². The zero-order chi connectivity index (χ0) is 39.9. The Morgan fingerprint density at radius 2 is 1.67 bits per heavy atom. The maximum atomic E-state index is 14.1. The van der Waals surface area contributed by atoms with Crippen molar-refractivity contribution < 1.29 is 35.7 Å². The Morgan fingerprint density at radius 3 is 2.28 bits per heavy atom. The number of amides is 2. The molecule has 0 aliphatic carbocycles. The summed E-state index contributed by atoms with van der Waals surface area (Å²) in [7, 11) is -3.02. The van der Waals surface area contributed by atoms with E-state index in [4.69, 9.17) is 0 Å². The molecule has 0 unspecified atom stereocenters. The van der Waals surface area contributed by atoms with Crippen molar-refractivity contribution in [3.63, 3.8) is 0 Å². The lowest BCUT2D eigenvalue weighted by Gasteiger charge is -2.23. The van der Waals surface area contributed by atoms with Crippen molar-refractivity contribution in [2.24, 2.45) is 0 Å². The Labute approximate surface area is 308 Å². The number of carbonyl (C=O) groups is 2. The van der Waals surface area contributed by atoms with Crippen LogP contribution in [0.4, 0.5) is 18.0 Å². The van der Waals surface area contributed by atoms with Gasteiger partial charge in [0.25, 0.3) is 10.1 Å². The molecule has 0 aliphatic rings. The van der Waals surface area contributed by atoms with Crippen LogP contribution in [0.3, 0.4) is 0 Å². The Bertz CT molecular complexity index is 2490. The number of halogens is 3. The van der Waals surface area contributed by atoms with Gasteiger partial charge in [0.15, 0.2) is 0 Å². The molecule has 1 atom stereocenters. The van der Waals surface area contributed by atoms with Crippen LogP contribution in [0.25, 0.3) is 22.8 Å². The van der Waals surface area contributed by atoms with Gasteiger partial charge in [0.2, 0.25) is 5.91 Å². The van der Waals surface area contributed by atoms with Gasteiger partial charge in [-0.3, -0.25) is 13.9 Å². The van der Waals surface area contributed by atoms with Crippen molar-refractivity contribution in [1.82, 2.24) is 29.1 Å². The van der Waals surface area contributed by atoms with E-state index in [0.717, 1.165) is 32.9 Å². The number of nitrogens with zero attached hydrogens (tertiary/aromatic N) is 6. The molecule has 5 aromatic rings. The summed E-state index contributed by atoms with van der Waals surface area (Å²) in [5, 5.41) is 16.1. The number of aromatic nitrogens is 4. The average molecular weight is 764 g/mol. The first kappa shape index (κ1) is 39.2. The molecule has 0 fully saturated rings. The lowest BCUT2D eigenvalue weighted by Crippen LogP contribution is -2.49. The fourth-order valence-corrected chi connectivity index (χ4v) is 7.07. The summed E-state index contributed by atoms with van der Waals surface area (Å²) in [5.41, 5.74) is 1.36. The molecular weight excluding hydrogens is 728 g/mol. The van der Waals surface area contributed by atoms with E-state index in [1.807, 2.05) is 6.07 Å². The van der Waals surface area contributed by atoms with Crippen LogP contribution >= 0.6 is 0 Å². The van der Waals surface area contributed by atoms with Crippen LogP contribution in [0.1, 0.15) is 46.0 Å². The number of hydrogen-bond donors (Lipinski definition) is 2. The highest BCUT2D eigenvalue weighted by molar-refractivity contribution is 7.85. The summed E-state index contributed by atoms with van der Waals surface area (Å²) in [6.45, 7) is 8.06. The first-order valence-corrected chi connectivity index (χ1v) is 17.9. The summed E-state index contributed by atoms with van der Waals surface area (Å²) in [6.07, 6.45) is -3.11.